The molecule has 82 valence electrons. The van der Waals surface area contributed by atoms with E-state index in [2.05, 4.69) is 19.1 Å². The molecule has 0 atom stereocenters. The number of phenolic OH excluding ortho intramolecular Hbond substituents is 1. The van der Waals surface area contributed by atoms with Crippen LogP contribution in [0.5, 0.6) is 5.75 Å². The molecule has 16 heavy (non-hydrogen) atoms. The average molecular weight is 214 g/mol. The zero-order chi connectivity index (χ0) is 11.8. The van der Waals surface area contributed by atoms with Crippen LogP contribution in [0.15, 0.2) is 54.6 Å². The van der Waals surface area contributed by atoms with Gasteiger partial charge in [-0.25, -0.2) is 0 Å². The summed E-state index contributed by atoms with van der Waals surface area (Å²) in [7, 11) is 0. The van der Waals surface area contributed by atoms with Crippen LogP contribution in [0, 0.1) is 6.92 Å². The Bertz CT molecular complexity index is 435. The van der Waals surface area contributed by atoms with Crippen molar-refractivity contribution in [2.45, 2.75) is 6.92 Å². The molecule has 0 aliphatic rings. The molecule has 0 aliphatic heterocycles. The zero-order valence-electron chi connectivity index (χ0n) is 9.13. The Hall–Kier alpha value is -2.09. The predicted octanol–water partition coefficient (Wildman–Crippen LogP) is 3.20. The lowest BCUT2D eigenvalue weighted by Crippen LogP contribution is -1.75. The summed E-state index contributed by atoms with van der Waals surface area (Å²) < 4.78 is 0. The van der Waals surface area contributed by atoms with Crippen molar-refractivity contribution in [1.29, 1.82) is 0 Å². The lowest BCUT2D eigenvalue weighted by Gasteiger charge is -1.89. The van der Waals surface area contributed by atoms with Gasteiger partial charge in [0.2, 0.25) is 0 Å². The summed E-state index contributed by atoms with van der Waals surface area (Å²) in [6.07, 6.45) is 0.694. The van der Waals surface area contributed by atoms with E-state index >= 15 is 0 Å². The lowest BCUT2D eigenvalue weighted by molar-refractivity contribution is 0.112. The monoisotopic (exact) mass is 214 g/mol. The van der Waals surface area contributed by atoms with E-state index in [9.17, 15) is 4.79 Å². The first-order chi connectivity index (χ1) is 7.72. The Kier molecular flexibility index (Phi) is 4.80. The quantitative estimate of drug-likeness (QED) is 0.740. The number of carbonyl (C=O) groups excluding carboxylic acids is 1. The van der Waals surface area contributed by atoms with Crippen molar-refractivity contribution in [2.75, 3.05) is 0 Å². The minimum absolute atomic E-state index is 0.125. The third-order valence-corrected chi connectivity index (χ3v) is 1.95. The molecule has 0 unspecified atom stereocenters. The molecule has 0 fully saturated rings. The van der Waals surface area contributed by atoms with Gasteiger partial charge in [-0.05, 0) is 19.1 Å². The normalized spacial score (nSPS) is 8.81. The molecule has 0 saturated heterocycles. The molecule has 2 aromatic carbocycles. The fraction of sp³-hybridized carbons (Fsp3) is 0.0714. The highest BCUT2D eigenvalue weighted by molar-refractivity contribution is 5.75. The van der Waals surface area contributed by atoms with Crippen LogP contribution in [-0.2, 0) is 0 Å². The van der Waals surface area contributed by atoms with E-state index < -0.39 is 0 Å². The number of benzene rings is 2. The molecule has 0 spiro atoms. The van der Waals surface area contributed by atoms with Crippen molar-refractivity contribution in [3.63, 3.8) is 0 Å². The second kappa shape index (κ2) is 6.40. The van der Waals surface area contributed by atoms with Crippen molar-refractivity contribution >= 4 is 6.29 Å². The molecule has 2 heteroatoms. The van der Waals surface area contributed by atoms with Crippen LogP contribution in [0.2, 0.25) is 0 Å². The third kappa shape index (κ3) is 4.42. The van der Waals surface area contributed by atoms with Crippen molar-refractivity contribution < 1.29 is 9.90 Å². The Morgan fingerprint density at radius 1 is 1.00 bits per heavy atom. The molecular weight excluding hydrogens is 200 g/mol. The van der Waals surface area contributed by atoms with Crippen molar-refractivity contribution in [1.82, 2.24) is 0 Å². The number of carbonyl (C=O) groups is 1. The maximum Gasteiger partial charge on any atom is 0.150 e. The summed E-state index contributed by atoms with van der Waals surface area (Å²) in [6.45, 7) is 2.08. The number of aromatic hydroxyl groups is 1. The largest absolute Gasteiger partial charge is 0.508 e. The van der Waals surface area contributed by atoms with E-state index in [1.807, 2.05) is 18.2 Å². The van der Waals surface area contributed by atoms with Crippen molar-refractivity contribution in [3.8, 4) is 5.75 Å². The van der Waals surface area contributed by atoms with Gasteiger partial charge in [-0.3, -0.25) is 4.79 Å². The second-order valence-corrected chi connectivity index (χ2v) is 3.37. The Morgan fingerprint density at radius 2 is 1.69 bits per heavy atom. The number of aryl methyl sites for hydroxylation is 1. The third-order valence-electron chi connectivity index (χ3n) is 1.95. The molecular formula is C14H14O2. The van der Waals surface area contributed by atoms with Crippen LogP contribution in [0.3, 0.4) is 0 Å². The molecule has 0 amide bonds. The van der Waals surface area contributed by atoms with E-state index in [1.54, 1.807) is 12.1 Å². The van der Waals surface area contributed by atoms with E-state index in [1.165, 1.54) is 17.7 Å². The van der Waals surface area contributed by atoms with Crippen LogP contribution in [0.1, 0.15) is 15.9 Å². The van der Waals surface area contributed by atoms with Gasteiger partial charge in [0, 0.05) is 5.56 Å². The van der Waals surface area contributed by atoms with Crippen LogP contribution in [0.4, 0.5) is 0 Å². The fourth-order valence-electron chi connectivity index (χ4n) is 1.13. The molecule has 0 heterocycles. The molecule has 0 radical (unpaired) electrons. The molecule has 1 N–H and O–H groups in total. The Labute approximate surface area is 95.2 Å². The van der Waals surface area contributed by atoms with Gasteiger partial charge < -0.3 is 5.11 Å². The predicted molar refractivity (Wildman–Crippen MR) is 64.7 cm³/mol. The van der Waals surface area contributed by atoms with E-state index in [-0.39, 0.29) is 5.75 Å². The first-order valence-corrected chi connectivity index (χ1v) is 4.98. The first-order valence-electron chi connectivity index (χ1n) is 4.98. The number of rotatable bonds is 1. The summed E-state index contributed by atoms with van der Waals surface area (Å²) in [4.78, 5) is 10.0. The maximum absolute atomic E-state index is 10.0. The molecule has 2 nitrogen and oxygen atoms in total. The summed E-state index contributed by atoms with van der Waals surface area (Å²) >= 11 is 0. The molecule has 0 saturated carbocycles. The van der Waals surface area contributed by atoms with Crippen LogP contribution < -0.4 is 0 Å². The van der Waals surface area contributed by atoms with Crippen LogP contribution in [0.25, 0.3) is 0 Å². The second-order valence-electron chi connectivity index (χ2n) is 3.37. The molecule has 0 bridgehead atoms. The van der Waals surface area contributed by atoms with Gasteiger partial charge in [-0.15, -0.1) is 0 Å². The number of aldehydes is 1. The summed E-state index contributed by atoms with van der Waals surface area (Å²) in [5.74, 6) is 0.125. The number of phenols is 1. The highest BCUT2D eigenvalue weighted by Gasteiger charge is 1.88. The minimum Gasteiger partial charge on any atom is -0.508 e. The fourth-order valence-corrected chi connectivity index (χ4v) is 1.13. The SMILES string of the molecule is Cc1ccccc1.O=Cc1cccc(O)c1. The van der Waals surface area contributed by atoms with Crippen molar-refractivity contribution in [2.24, 2.45) is 0 Å². The van der Waals surface area contributed by atoms with E-state index in [0.717, 1.165) is 0 Å². The maximum atomic E-state index is 10.0. The highest BCUT2D eigenvalue weighted by Crippen LogP contribution is 2.07. The van der Waals surface area contributed by atoms with Gasteiger partial charge in [0.25, 0.3) is 0 Å². The zero-order valence-corrected chi connectivity index (χ0v) is 9.13. The van der Waals surface area contributed by atoms with E-state index in [0.29, 0.717) is 11.8 Å². The minimum atomic E-state index is 0.125. The molecule has 2 rings (SSSR count). The Balaban J connectivity index is 0.000000165. The van der Waals surface area contributed by atoms with E-state index in [4.69, 9.17) is 5.11 Å². The standard InChI is InChI=1S/C7H6O2.C7H8/c8-5-6-2-1-3-7(9)4-6;1-7-5-3-2-4-6-7/h1-5,9H;2-6H,1H3. The van der Waals surface area contributed by atoms with Gasteiger partial charge in [-0.1, -0.05) is 48.0 Å². The van der Waals surface area contributed by atoms with Gasteiger partial charge >= 0.3 is 0 Å². The highest BCUT2D eigenvalue weighted by atomic mass is 16.3. The smallest absolute Gasteiger partial charge is 0.150 e. The van der Waals surface area contributed by atoms with Crippen LogP contribution in [-0.4, -0.2) is 11.4 Å². The topological polar surface area (TPSA) is 37.3 Å². The number of hydrogen-bond donors (Lipinski definition) is 1. The number of hydrogen-bond acceptors (Lipinski definition) is 2. The lowest BCUT2D eigenvalue weighted by atomic mass is 10.2. The summed E-state index contributed by atoms with van der Waals surface area (Å²) in [6, 6.07) is 16.4. The van der Waals surface area contributed by atoms with Crippen molar-refractivity contribution in [3.05, 3.63) is 65.7 Å². The molecule has 0 aliphatic carbocycles. The van der Waals surface area contributed by atoms with Gasteiger partial charge in [0.05, 0.1) is 0 Å². The summed E-state index contributed by atoms with van der Waals surface area (Å²) in [5, 5.41) is 8.79. The van der Waals surface area contributed by atoms with Gasteiger partial charge in [0.1, 0.15) is 12.0 Å². The summed E-state index contributed by atoms with van der Waals surface area (Å²) in [5.41, 5.74) is 1.82. The van der Waals surface area contributed by atoms with Gasteiger partial charge in [-0.2, -0.15) is 0 Å². The molecule has 0 aromatic heterocycles. The Morgan fingerprint density at radius 3 is 2.06 bits per heavy atom. The first kappa shape index (κ1) is 12.0. The van der Waals surface area contributed by atoms with Crippen LogP contribution >= 0.6 is 0 Å². The molecule has 2 aromatic rings. The average Bonchev–Trinajstić information content (AvgIpc) is 2.31. The van der Waals surface area contributed by atoms with Gasteiger partial charge in [0.15, 0.2) is 0 Å².